The van der Waals surface area contributed by atoms with Crippen molar-refractivity contribution in [2.45, 2.75) is 39.1 Å². The molecule has 10 nitrogen and oxygen atoms in total. The van der Waals surface area contributed by atoms with Gasteiger partial charge in [0.1, 0.15) is 29.2 Å². The number of amides is 1. The predicted octanol–water partition coefficient (Wildman–Crippen LogP) is 4.78. The van der Waals surface area contributed by atoms with E-state index in [0.717, 1.165) is 7.05 Å². The summed E-state index contributed by atoms with van der Waals surface area (Å²) >= 11 is 0. The van der Waals surface area contributed by atoms with E-state index in [0.29, 0.717) is 28.4 Å². The third-order valence-corrected chi connectivity index (χ3v) is 4.79. The summed E-state index contributed by atoms with van der Waals surface area (Å²) in [5.41, 5.74) is 2.10. The average molecular weight is 520 g/mol. The molecule has 198 valence electrons. The molecule has 0 aliphatic carbocycles. The van der Waals surface area contributed by atoms with Crippen LogP contribution in [0.3, 0.4) is 0 Å². The number of hydrogen-bond donors (Lipinski definition) is 3. The number of nitrogens with one attached hydrogen (secondary N) is 3. The first-order valence-corrected chi connectivity index (χ1v) is 11.1. The molecule has 1 aromatic carbocycles. The van der Waals surface area contributed by atoms with Crippen molar-refractivity contribution in [3.63, 3.8) is 0 Å². The molecule has 0 bridgehead atoms. The number of carbonyl (C=O) groups excluding carboxylic acids is 1. The van der Waals surface area contributed by atoms with Crippen molar-refractivity contribution in [1.82, 2.24) is 24.9 Å². The normalized spacial score (nSPS) is 12.3. The molecule has 13 heteroatoms. The maximum atomic E-state index is 12.9. The first-order valence-electron chi connectivity index (χ1n) is 11.1. The smallest absolute Gasteiger partial charge is 0.431 e. The number of carbonyl (C=O) groups is 1. The van der Waals surface area contributed by atoms with Gasteiger partial charge < -0.3 is 19.7 Å². The third-order valence-electron chi connectivity index (χ3n) is 4.79. The first-order chi connectivity index (χ1) is 17.2. The Labute approximate surface area is 211 Å². The van der Waals surface area contributed by atoms with Gasteiger partial charge in [0.05, 0.1) is 17.8 Å². The van der Waals surface area contributed by atoms with Crippen LogP contribution in [0.15, 0.2) is 54.6 Å². The summed E-state index contributed by atoms with van der Waals surface area (Å²) in [5, 5.41) is 10.6. The molecule has 2 heterocycles. The number of halogens is 3. The highest BCUT2D eigenvalue weighted by Crippen LogP contribution is 2.26. The third kappa shape index (κ3) is 7.59. The van der Waals surface area contributed by atoms with Crippen molar-refractivity contribution in [3.05, 3.63) is 60.3 Å². The molecule has 0 unspecified atom stereocenters. The number of amidine groups is 1. The van der Waals surface area contributed by atoms with Crippen LogP contribution in [0.5, 0.6) is 11.6 Å². The van der Waals surface area contributed by atoms with Gasteiger partial charge in [-0.25, -0.2) is 14.8 Å². The fourth-order valence-electron chi connectivity index (χ4n) is 3.17. The molecule has 3 N–H and O–H groups in total. The molecule has 3 rings (SSSR count). The van der Waals surface area contributed by atoms with E-state index in [-0.39, 0.29) is 12.4 Å². The second kappa shape index (κ2) is 10.8. The van der Waals surface area contributed by atoms with Crippen molar-refractivity contribution >= 4 is 22.8 Å². The summed E-state index contributed by atoms with van der Waals surface area (Å²) in [6.45, 7) is 5.53. The van der Waals surface area contributed by atoms with Gasteiger partial charge in [0, 0.05) is 37.8 Å². The minimum atomic E-state index is -4.60. The Bertz CT molecular complexity index is 1310. The Morgan fingerprint density at radius 2 is 1.92 bits per heavy atom. The highest BCUT2D eigenvalue weighted by Gasteiger charge is 2.33. The molecule has 2 aromatic heterocycles. The molecule has 3 aromatic rings. The second-order valence-corrected chi connectivity index (χ2v) is 9.02. The Morgan fingerprint density at radius 1 is 1.19 bits per heavy atom. The van der Waals surface area contributed by atoms with Gasteiger partial charge in [-0.05, 0) is 45.0 Å². The molecule has 0 spiro atoms. The topological polar surface area (TPSA) is 117 Å². The molecule has 0 saturated heterocycles. The first kappa shape index (κ1) is 27.3. The number of aromatic nitrogens is 3. The van der Waals surface area contributed by atoms with Gasteiger partial charge in [0.2, 0.25) is 5.88 Å². The summed E-state index contributed by atoms with van der Waals surface area (Å²) in [4.78, 5) is 21.9. The van der Waals surface area contributed by atoms with Crippen molar-refractivity contribution in [1.29, 1.82) is 5.41 Å². The number of fused-ring (bicyclic) bond motifs is 1. The zero-order valence-corrected chi connectivity index (χ0v) is 21.0. The lowest BCUT2D eigenvalue weighted by molar-refractivity contribution is -0.0959. The highest BCUT2D eigenvalue weighted by atomic mass is 19.4. The van der Waals surface area contributed by atoms with Crippen molar-refractivity contribution in [3.8, 4) is 11.6 Å². The molecular weight excluding hydrogens is 491 g/mol. The van der Waals surface area contributed by atoms with Gasteiger partial charge in [-0.3, -0.25) is 15.5 Å². The van der Waals surface area contributed by atoms with E-state index in [1.54, 1.807) is 64.3 Å². The van der Waals surface area contributed by atoms with Crippen LogP contribution < -0.4 is 15.5 Å². The van der Waals surface area contributed by atoms with Crippen LogP contribution in [0.1, 0.15) is 26.5 Å². The summed E-state index contributed by atoms with van der Waals surface area (Å²) in [5.74, 6) is 0.266. The monoisotopic (exact) mass is 519 g/mol. The molecule has 1 amide bonds. The number of hydrogen-bond acceptors (Lipinski definition) is 7. The van der Waals surface area contributed by atoms with Crippen LogP contribution in [0.2, 0.25) is 0 Å². The van der Waals surface area contributed by atoms with E-state index >= 15 is 0 Å². The molecule has 0 atom stereocenters. The zero-order valence-electron chi connectivity index (χ0n) is 21.0. The zero-order chi connectivity index (χ0) is 27.4. The maximum absolute atomic E-state index is 12.9. The van der Waals surface area contributed by atoms with Crippen LogP contribution in [-0.2, 0) is 11.3 Å². The lowest BCUT2D eigenvalue weighted by Crippen LogP contribution is -2.34. The molecule has 0 aliphatic rings. The highest BCUT2D eigenvalue weighted by molar-refractivity contribution is 5.98. The van der Waals surface area contributed by atoms with Crippen LogP contribution >= 0.6 is 0 Å². The van der Waals surface area contributed by atoms with Crippen molar-refractivity contribution in [2.24, 2.45) is 0 Å². The quantitative estimate of drug-likeness (QED) is 0.304. The fourth-order valence-corrected chi connectivity index (χ4v) is 3.17. The van der Waals surface area contributed by atoms with E-state index in [9.17, 15) is 18.0 Å². The molecule has 37 heavy (non-hydrogen) atoms. The van der Waals surface area contributed by atoms with Crippen LogP contribution in [0.25, 0.3) is 10.9 Å². The van der Waals surface area contributed by atoms with Gasteiger partial charge in [0.25, 0.3) is 0 Å². The minimum Gasteiger partial charge on any atom is -0.444 e. The standard InChI is InChI=1S/C24H28F3N7O3/c1-23(2,3)37-22(35)33(5)13-16-11-21(31-14-30-16)36-17-6-7-18-15(10-17)8-9-34(18)32-20(28)12-19(29-4)24(25,26)27/h6-12,14,29H,13H2,1-5H3,(H2,28,32)/b19-12-. The largest absolute Gasteiger partial charge is 0.444 e. The number of nitrogens with zero attached hydrogens (tertiary/aromatic N) is 4. The van der Waals surface area contributed by atoms with Crippen LogP contribution in [0.4, 0.5) is 18.0 Å². The lowest BCUT2D eigenvalue weighted by atomic mass is 10.2. The molecule has 0 saturated carbocycles. The number of alkyl halides is 3. The Kier molecular flexibility index (Phi) is 7.94. The van der Waals surface area contributed by atoms with Crippen molar-refractivity contribution in [2.75, 3.05) is 19.5 Å². The van der Waals surface area contributed by atoms with E-state index in [2.05, 4.69) is 15.4 Å². The fraction of sp³-hybridized carbons (Fsp3) is 0.333. The summed E-state index contributed by atoms with van der Waals surface area (Å²) in [6.07, 6.45) is -1.51. The Balaban J connectivity index is 1.70. The van der Waals surface area contributed by atoms with Gasteiger partial charge >= 0.3 is 12.3 Å². The predicted molar refractivity (Wildman–Crippen MR) is 132 cm³/mol. The SMILES string of the molecule is CN/C(=C\C(=N)Nn1ccc2cc(Oc3cc(CN(C)C(=O)OC(C)(C)C)ncn3)ccc21)C(F)(F)F. The summed E-state index contributed by atoms with van der Waals surface area (Å²) in [6, 6.07) is 8.39. The number of allylic oxidation sites excluding steroid dienone is 1. The summed E-state index contributed by atoms with van der Waals surface area (Å²) < 4.78 is 51.3. The molecule has 0 radical (unpaired) electrons. The van der Waals surface area contributed by atoms with Crippen LogP contribution in [-0.4, -0.2) is 57.3 Å². The van der Waals surface area contributed by atoms with Gasteiger partial charge in [-0.2, -0.15) is 13.2 Å². The number of ether oxygens (including phenoxy) is 2. The van der Waals surface area contributed by atoms with E-state index in [1.165, 1.54) is 15.9 Å². The Hall–Kier alpha value is -4.29. The minimum absolute atomic E-state index is 0.186. The maximum Gasteiger partial charge on any atom is 0.431 e. The second-order valence-electron chi connectivity index (χ2n) is 9.02. The van der Waals surface area contributed by atoms with Gasteiger partial charge in [-0.1, -0.05) is 0 Å². The number of rotatable bonds is 7. The Morgan fingerprint density at radius 3 is 2.57 bits per heavy atom. The van der Waals surface area contributed by atoms with Crippen molar-refractivity contribution < 1.29 is 27.4 Å². The number of benzene rings is 1. The van der Waals surface area contributed by atoms with Gasteiger partial charge in [0.15, 0.2) is 0 Å². The molecular formula is C24H28F3N7O3. The average Bonchev–Trinajstić information content (AvgIpc) is 3.17. The van der Waals surface area contributed by atoms with Crippen LogP contribution in [0, 0.1) is 5.41 Å². The van der Waals surface area contributed by atoms with Gasteiger partial charge in [-0.15, -0.1) is 0 Å². The van der Waals surface area contributed by atoms with E-state index in [1.807, 2.05) is 5.32 Å². The molecule has 0 aliphatic heterocycles. The van der Waals surface area contributed by atoms with E-state index in [4.69, 9.17) is 14.9 Å². The lowest BCUT2D eigenvalue weighted by Gasteiger charge is -2.24. The summed E-state index contributed by atoms with van der Waals surface area (Å²) in [7, 11) is 2.74. The molecule has 0 fully saturated rings. The van der Waals surface area contributed by atoms with E-state index < -0.39 is 29.4 Å².